The number of nitrogens with one attached hydrogen (secondary N) is 2. The summed E-state index contributed by atoms with van der Waals surface area (Å²) in [5.41, 5.74) is 1.46. The highest BCUT2D eigenvalue weighted by Crippen LogP contribution is 2.33. The Morgan fingerprint density at radius 1 is 1.31 bits per heavy atom. The third-order valence-corrected chi connectivity index (χ3v) is 5.73. The van der Waals surface area contributed by atoms with E-state index in [1.807, 2.05) is 0 Å². The van der Waals surface area contributed by atoms with E-state index in [1.54, 1.807) is 25.1 Å². The fourth-order valence-corrected chi connectivity index (χ4v) is 4.10. The maximum absolute atomic E-state index is 12.1. The fraction of sp³-hybridized carbons (Fsp3) is 0.353. The van der Waals surface area contributed by atoms with Gasteiger partial charge in [-0.1, -0.05) is 23.2 Å². The maximum Gasteiger partial charge on any atom is 0.325 e. The zero-order chi connectivity index (χ0) is 18.7. The minimum absolute atomic E-state index is 0.138. The van der Waals surface area contributed by atoms with Gasteiger partial charge in [0.1, 0.15) is 0 Å². The van der Waals surface area contributed by atoms with Gasteiger partial charge in [0.15, 0.2) is 5.13 Å². The topological polar surface area (TPSA) is 80.3 Å². The first kappa shape index (κ1) is 18.9. The van der Waals surface area contributed by atoms with Gasteiger partial charge in [0.05, 0.1) is 28.3 Å². The summed E-state index contributed by atoms with van der Waals surface area (Å²) in [6.07, 6.45) is 2.01. The number of hydrogen-bond donors (Lipinski definition) is 2. The molecular formula is C17H17Cl2N3O3S. The summed E-state index contributed by atoms with van der Waals surface area (Å²) < 4.78 is 5.10. The number of nitrogens with zero attached hydrogens (tertiary/aromatic N) is 1. The second kappa shape index (κ2) is 8.24. The number of urea groups is 1. The number of amides is 2. The van der Waals surface area contributed by atoms with E-state index in [2.05, 4.69) is 15.6 Å². The summed E-state index contributed by atoms with van der Waals surface area (Å²) >= 11 is 13.2. The zero-order valence-electron chi connectivity index (χ0n) is 14.0. The fourth-order valence-electron chi connectivity index (χ4n) is 2.72. The Hall–Kier alpha value is -1.83. The van der Waals surface area contributed by atoms with Gasteiger partial charge >= 0.3 is 12.0 Å². The van der Waals surface area contributed by atoms with Crippen molar-refractivity contribution in [2.24, 2.45) is 5.92 Å². The minimum atomic E-state index is -0.420. The largest absolute Gasteiger partial charge is 0.466 e. The van der Waals surface area contributed by atoms with Crippen LogP contribution in [0.25, 0.3) is 0 Å². The van der Waals surface area contributed by atoms with Gasteiger partial charge in [0.2, 0.25) is 0 Å². The van der Waals surface area contributed by atoms with Gasteiger partial charge in [0.25, 0.3) is 0 Å². The number of halogens is 2. The highest BCUT2D eigenvalue weighted by molar-refractivity contribution is 7.15. The number of thiazole rings is 1. The van der Waals surface area contributed by atoms with Crippen molar-refractivity contribution >= 4 is 57.4 Å². The first-order valence-corrected chi connectivity index (χ1v) is 9.71. The highest BCUT2D eigenvalue weighted by atomic mass is 35.5. The molecule has 3 rings (SSSR count). The van der Waals surface area contributed by atoms with E-state index >= 15 is 0 Å². The standard InChI is InChI=1S/C17H17Cl2N3O3S/c1-2-25-15(23)9-3-6-13-14(7-9)26-17(21-13)22-16(24)20-10-4-5-11(18)12(19)8-10/h4-5,8-9H,2-3,6-7H2,1H3,(H2,20,21,22,24). The van der Waals surface area contributed by atoms with Crippen molar-refractivity contribution in [3.8, 4) is 0 Å². The molecule has 0 saturated heterocycles. The van der Waals surface area contributed by atoms with Crippen LogP contribution in [0.3, 0.4) is 0 Å². The first-order chi connectivity index (χ1) is 12.5. The summed E-state index contributed by atoms with van der Waals surface area (Å²) in [6.45, 7) is 2.18. The second-order valence-corrected chi connectivity index (χ2v) is 7.69. The molecule has 0 bridgehead atoms. The molecule has 1 aromatic heterocycles. The molecule has 0 fully saturated rings. The number of ether oxygens (including phenoxy) is 1. The van der Waals surface area contributed by atoms with E-state index in [1.165, 1.54) is 11.3 Å². The van der Waals surface area contributed by atoms with Crippen LogP contribution in [0.1, 0.15) is 23.9 Å². The van der Waals surface area contributed by atoms with Gasteiger partial charge < -0.3 is 10.1 Å². The number of carbonyl (C=O) groups excluding carboxylic acids is 2. The van der Waals surface area contributed by atoms with Crippen LogP contribution in [0.2, 0.25) is 10.0 Å². The van der Waals surface area contributed by atoms with E-state index in [4.69, 9.17) is 27.9 Å². The van der Waals surface area contributed by atoms with Crippen LogP contribution in [-0.4, -0.2) is 23.6 Å². The van der Waals surface area contributed by atoms with E-state index in [9.17, 15) is 9.59 Å². The molecule has 138 valence electrons. The molecule has 0 spiro atoms. The zero-order valence-corrected chi connectivity index (χ0v) is 16.3. The van der Waals surface area contributed by atoms with Gasteiger partial charge in [-0.15, -0.1) is 11.3 Å². The number of aryl methyl sites for hydroxylation is 1. The van der Waals surface area contributed by atoms with Gasteiger partial charge in [-0.25, -0.2) is 9.78 Å². The monoisotopic (exact) mass is 413 g/mol. The molecule has 2 aromatic rings. The van der Waals surface area contributed by atoms with Crippen molar-refractivity contribution < 1.29 is 14.3 Å². The molecular weight excluding hydrogens is 397 g/mol. The molecule has 2 amide bonds. The summed E-state index contributed by atoms with van der Waals surface area (Å²) in [6, 6.07) is 4.42. The van der Waals surface area contributed by atoms with Crippen molar-refractivity contribution in [3.63, 3.8) is 0 Å². The van der Waals surface area contributed by atoms with Crippen LogP contribution in [0.4, 0.5) is 15.6 Å². The lowest BCUT2D eigenvalue weighted by atomic mass is 9.91. The second-order valence-electron chi connectivity index (χ2n) is 5.79. The summed E-state index contributed by atoms with van der Waals surface area (Å²) in [7, 11) is 0. The van der Waals surface area contributed by atoms with Crippen molar-refractivity contribution in [1.82, 2.24) is 4.98 Å². The Bertz CT molecular complexity index is 841. The van der Waals surface area contributed by atoms with Gasteiger partial charge in [-0.05, 0) is 44.4 Å². The average molecular weight is 414 g/mol. The molecule has 1 aromatic carbocycles. The number of hydrogen-bond acceptors (Lipinski definition) is 5. The van der Waals surface area contributed by atoms with Crippen LogP contribution >= 0.6 is 34.5 Å². The third kappa shape index (κ3) is 4.47. The molecule has 1 unspecified atom stereocenters. The smallest absolute Gasteiger partial charge is 0.325 e. The third-order valence-electron chi connectivity index (χ3n) is 3.96. The molecule has 1 atom stereocenters. The van der Waals surface area contributed by atoms with Crippen molar-refractivity contribution in [2.45, 2.75) is 26.2 Å². The van der Waals surface area contributed by atoms with E-state index in [-0.39, 0.29) is 11.9 Å². The molecule has 2 N–H and O–H groups in total. The molecule has 1 aliphatic carbocycles. The Kier molecular flexibility index (Phi) is 6.01. The van der Waals surface area contributed by atoms with E-state index in [0.29, 0.717) is 46.7 Å². The molecule has 0 aliphatic heterocycles. The Labute approximate surface area is 164 Å². The van der Waals surface area contributed by atoms with Gasteiger partial charge in [0, 0.05) is 10.6 Å². The number of carbonyl (C=O) groups is 2. The van der Waals surface area contributed by atoms with E-state index < -0.39 is 6.03 Å². The summed E-state index contributed by atoms with van der Waals surface area (Å²) in [4.78, 5) is 29.5. The SMILES string of the molecule is CCOC(=O)C1CCc2nc(NC(=O)Nc3ccc(Cl)c(Cl)c3)sc2C1. The Morgan fingerprint density at radius 2 is 2.12 bits per heavy atom. The summed E-state index contributed by atoms with van der Waals surface area (Å²) in [5, 5.41) is 6.67. The van der Waals surface area contributed by atoms with Crippen molar-refractivity contribution in [2.75, 3.05) is 17.2 Å². The van der Waals surface area contributed by atoms with Crippen LogP contribution in [0.15, 0.2) is 18.2 Å². The van der Waals surface area contributed by atoms with Crippen LogP contribution in [0, 0.1) is 5.92 Å². The average Bonchev–Trinajstić information content (AvgIpc) is 2.99. The lowest BCUT2D eigenvalue weighted by molar-refractivity contribution is -0.148. The summed E-state index contributed by atoms with van der Waals surface area (Å²) in [5.74, 6) is -0.306. The predicted octanol–water partition coefficient (Wildman–Crippen LogP) is 4.76. The lowest BCUT2D eigenvalue weighted by Crippen LogP contribution is -2.24. The normalized spacial score (nSPS) is 15.9. The number of esters is 1. The maximum atomic E-state index is 12.1. The highest BCUT2D eigenvalue weighted by Gasteiger charge is 2.28. The number of aromatic nitrogens is 1. The Morgan fingerprint density at radius 3 is 2.85 bits per heavy atom. The number of rotatable bonds is 4. The molecule has 0 radical (unpaired) electrons. The quantitative estimate of drug-likeness (QED) is 0.707. The molecule has 26 heavy (non-hydrogen) atoms. The number of anilines is 2. The van der Waals surface area contributed by atoms with E-state index in [0.717, 1.165) is 10.6 Å². The molecule has 6 nitrogen and oxygen atoms in total. The molecule has 1 aliphatic rings. The van der Waals surface area contributed by atoms with Crippen LogP contribution in [-0.2, 0) is 22.4 Å². The van der Waals surface area contributed by atoms with Crippen molar-refractivity contribution in [1.29, 1.82) is 0 Å². The molecule has 0 saturated carbocycles. The van der Waals surface area contributed by atoms with Gasteiger partial charge in [-0.3, -0.25) is 10.1 Å². The van der Waals surface area contributed by atoms with Gasteiger partial charge in [-0.2, -0.15) is 0 Å². The van der Waals surface area contributed by atoms with Crippen molar-refractivity contribution in [3.05, 3.63) is 38.8 Å². The predicted molar refractivity (Wildman–Crippen MR) is 103 cm³/mol. The number of benzene rings is 1. The first-order valence-electron chi connectivity index (χ1n) is 8.14. The number of fused-ring (bicyclic) bond motifs is 1. The van der Waals surface area contributed by atoms with Crippen LogP contribution < -0.4 is 10.6 Å². The molecule has 1 heterocycles. The minimum Gasteiger partial charge on any atom is -0.466 e. The molecule has 9 heteroatoms. The Balaban J connectivity index is 1.62. The lowest BCUT2D eigenvalue weighted by Gasteiger charge is -2.18. The van der Waals surface area contributed by atoms with Crippen LogP contribution in [0.5, 0.6) is 0 Å².